The predicted molar refractivity (Wildman–Crippen MR) is 133 cm³/mol. The first-order valence-electron chi connectivity index (χ1n) is 12.3. The maximum atomic E-state index is 13.3. The van der Waals surface area contributed by atoms with Gasteiger partial charge in [-0.15, -0.1) is 0 Å². The van der Waals surface area contributed by atoms with Gasteiger partial charge in [0.25, 0.3) is 5.91 Å². The maximum Gasteiger partial charge on any atom is 0.290 e. The minimum Gasteiger partial charge on any atom is -0.503 e. The van der Waals surface area contributed by atoms with Crippen molar-refractivity contribution in [1.82, 2.24) is 9.80 Å². The second kappa shape index (κ2) is 12.4. The highest BCUT2D eigenvalue weighted by atomic mass is 16.5. The zero-order valence-corrected chi connectivity index (χ0v) is 21.1. The zero-order valence-electron chi connectivity index (χ0n) is 21.1. The molecule has 2 heterocycles. The first-order chi connectivity index (χ1) is 17.0. The van der Waals surface area contributed by atoms with Gasteiger partial charge in [-0.25, -0.2) is 0 Å². The Balaban J connectivity index is 1.98. The van der Waals surface area contributed by atoms with Crippen LogP contribution in [0.2, 0.25) is 0 Å². The number of ketones is 1. The van der Waals surface area contributed by atoms with E-state index < -0.39 is 23.5 Å². The molecule has 1 amide bonds. The summed E-state index contributed by atoms with van der Waals surface area (Å²) in [5.74, 6) is -0.469. The number of carbonyl (C=O) groups is 2. The lowest BCUT2D eigenvalue weighted by atomic mass is 9.94. The van der Waals surface area contributed by atoms with Crippen LogP contribution in [0, 0.1) is 0 Å². The molecule has 3 rings (SSSR count). The molecular weight excluding hydrogens is 448 g/mol. The van der Waals surface area contributed by atoms with Crippen molar-refractivity contribution in [3.63, 3.8) is 0 Å². The lowest BCUT2D eigenvalue weighted by Crippen LogP contribution is -2.38. The second-order valence-electron chi connectivity index (χ2n) is 8.46. The van der Waals surface area contributed by atoms with Crippen LogP contribution in [0.4, 0.5) is 0 Å². The Bertz CT molecular complexity index is 1030. The van der Waals surface area contributed by atoms with Gasteiger partial charge in [0.1, 0.15) is 0 Å². The quantitative estimate of drug-likeness (QED) is 0.305. The molecule has 190 valence electrons. The topological polar surface area (TPSA) is 92.5 Å². The van der Waals surface area contributed by atoms with E-state index in [0.717, 1.165) is 32.4 Å². The third kappa shape index (κ3) is 5.88. The molecule has 1 aromatic heterocycles. The average Bonchev–Trinajstić information content (AvgIpc) is 3.50. The van der Waals surface area contributed by atoms with Gasteiger partial charge < -0.3 is 28.8 Å². The van der Waals surface area contributed by atoms with Crippen LogP contribution in [0.5, 0.6) is 11.5 Å². The molecule has 0 radical (unpaired) electrons. The number of furan rings is 1. The monoisotopic (exact) mass is 484 g/mol. The molecule has 1 aromatic carbocycles. The van der Waals surface area contributed by atoms with Crippen LogP contribution in [-0.2, 0) is 4.79 Å². The average molecular weight is 485 g/mol. The van der Waals surface area contributed by atoms with Crippen LogP contribution in [0.1, 0.15) is 62.2 Å². The van der Waals surface area contributed by atoms with Crippen LogP contribution in [0.25, 0.3) is 0 Å². The summed E-state index contributed by atoms with van der Waals surface area (Å²) in [6.07, 6.45) is 4.51. The van der Waals surface area contributed by atoms with Crippen LogP contribution in [0.15, 0.2) is 52.3 Å². The first-order valence-corrected chi connectivity index (χ1v) is 12.3. The number of likely N-dealkylation sites (N-methyl/N-ethyl adjacent to an activating group) is 1. The minimum absolute atomic E-state index is 0.00293. The minimum atomic E-state index is -0.779. The Morgan fingerprint density at radius 2 is 1.91 bits per heavy atom. The van der Waals surface area contributed by atoms with Gasteiger partial charge in [0.15, 0.2) is 23.0 Å². The lowest BCUT2D eigenvalue weighted by Gasteiger charge is -2.29. The van der Waals surface area contributed by atoms with Crippen molar-refractivity contribution in [1.29, 1.82) is 0 Å². The molecule has 1 unspecified atom stereocenters. The van der Waals surface area contributed by atoms with Crippen LogP contribution in [-0.4, -0.2) is 66.5 Å². The number of hydrogen-bond donors (Lipinski definition) is 1. The molecule has 1 atom stereocenters. The number of benzene rings is 1. The molecule has 35 heavy (non-hydrogen) atoms. The SMILES string of the molecule is CCCCCOc1ccc(C2C(C(=O)c3ccco3)=C(O)C(=O)N2CCN(CC)CC)cc1OC. The van der Waals surface area contributed by atoms with Gasteiger partial charge >= 0.3 is 0 Å². The first kappa shape index (κ1) is 26.3. The van der Waals surface area contributed by atoms with Crippen molar-refractivity contribution < 1.29 is 28.6 Å². The van der Waals surface area contributed by atoms with E-state index in [1.807, 2.05) is 6.07 Å². The fraction of sp³-hybridized carbons (Fsp3) is 0.481. The molecule has 0 aliphatic carbocycles. The fourth-order valence-corrected chi connectivity index (χ4v) is 4.30. The number of aliphatic hydroxyl groups excluding tert-OH is 1. The molecule has 2 aromatic rings. The van der Waals surface area contributed by atoms with E-state index in [9.17, 15) is 14.7 Å². The predicted octanol–water partition coefficient (Wildman–Crippen LogP) is 4.78. The fourth-order valence-electron chi connectivity index (χ4n) is 4.30. The van der Waals surface area contributed by atoms with E-state index in [4.69, 9.17) is 13.9 Å². The van der Waals surface area contributed by atoms with Gasteiger partial charge in [-0.05, 0) is 49.3 Å². The number of carbonyl (C=O) groups excluding carboxylic acids is 2. The van der Waals surface area contributed by atoms with Crippen molar-refractivity contribution in [2.45, 2.75) is 46.1 Å². The molecule has 0 spiro atoms. The van der Waals surface area contributed by atoms with Crippen LogP contribution in [0.3, 0.4) is 0 Å². The number of ether oxygens (including phenoxy) is 2. The number of nitrogens with zero attached hydrogens (tertiary/aromatic N) is 2. The number of aliphatic hydroxyl groups is 1. The van der Waals surface area contributed by atoms with Gasteiger partial charge in [0, 0.05) is 13.1 Å². The highest BCUT2D eigenvalue weighted by Crippen LogP contribution is 2.41. The molecule has 8 nitrogen and oxygen atoms in total. The number of unbranched alkanes of at least 4 members (excludes halogenated alkanes) is 2. The molecular formula is C27H36N2O6. The Morgan fingerprint density at radius 1 is 1.14 bits per heavy atom. The van der Waals surface area contributed by atoms with Gasteiger partial charge in [0.05, 0.1) is 31.6 Å². The summed E-state index contributed by atoms with van der Waals surface area (Å²) in [6.45, 7) is 9.44. The Labute approximate surface area is 207 Å². The van der Waals surface area contributed by atoms with Gasteiger partial charge in [-0.1, -0.05) is 39.7 Å². The largest absolute Gasteiger partial charge is 0.503 e. The van der Waals surface area contributed by atoms with Gasteiger partial charge in [-0.3, -0.25) is 9.59 Å². The second-order valence-corrected chi connectivity index (χ2v) is 8.46. The molecule has 0 saturated heterocycles. The lowest BCUT2D eigenvalue weighted by molar-refractivity contribution is -0.129. The number of hydrogen-bond acceptors (Lipinski definition) is 7. The summed E-state index contributed by atoms with van der Waals surface area (Å²) in [7, 11) is 1.55. The van der Waals surface area contributed by atoms with Gasteiger partial charge in [-0.2, -0.15) is 0 Å². The molecule has 0 fully saturated rings. The van der Waals surface area contributed by atoms with Crippen LogP contribution < -0.4 is 9.47 Å². The smallest absolute Gasteiger partial charge is 0.290 e. The van der Waals surface area contributed by atoms with E-state index in [1.54, 1.807) is 30.2 Å². The van der Waals surface area contributed by atoms with Crippen molar-refractivity contribution in [2.24, 2.45) is 0 Å². The maximum absolute atomic E-state index is 13.3. The van der Waals surface area contributed by atoms with Crippen molar-refractivity contribution in [2.75, 3.05) is 39.9 Å². The highest BCUT2D eigenvalue weighted by Gasteiger charge is 2.44. The summed E-state index contributed by atoms with van der Waals surface area (Å²) in [4.78, 5) is 30.2. The summed E-state index contributed by atoms with van der Waals surface area (Å²) in [6, 6.07) is 7.72. The van der Waals surface area contributed by atoms with Crippen LogP contribution >= 0.6 is 0 Å². The van der Waals surface area contributed by atoms with Gasteiger partial charge in [0.2, 0.25) is 5.78 Å². The number of amides is 1. The molecule has 0 saturated carbocycles. The summed E-state index contributed by atoms with van der Waals surface area (Å²) in [5, 5.41) is 10.8. The summed E-state index contributed by atoms with van der Waals surface area (Å²) < 4.78 is 16.8. The van der Waals surface area contributed by atoms with E-state index in [0.29, 0.717) is 36.8 Å². The Hall–Kier alpha value is -3.26. The number of rotatable bonds is 14. The van der Waals surface area contributed by atoms with E-state index >= 15 is 0 Å². The van der Waals surface area contributed by atoms with E-state index in [1.165, 1.54) is 12.3 Å². The zero-order chi connectivity index (χ0) is 25.4. The normalized spacial score (nSPS) is 15.9. The molecule has 8 heteroatoms. The third-order valence-corrected chi connectivity index (χ3v) is 6.35. The number of methoxy groups -OCH3 is 1. The Kier molecular flexibility index (Phi) is 9.37. The molecule has 1 aliphatic heterocycles. The van der Waals surface area contributed by atoms with Crippen molar-refractivity contribution in [3.8, 4) is 11.5 Å². The summed E-state index contributed by atoms with van der Waals surface area (Å²) in [5.41, 5.74) is 0.651. The summed E-state index contributed by atoms with van der Waals surface area (Å²) >= 11 is 0. The molecule has 1 aliphatic rings. The molecule has 1 N–H and O–H groups in total. The number of Topliss-reactive ketones (excluding diaryl/α,β-unsaturated/α-hetero) is 1. The molecule has 0 bridgehead atoms. The highest BCUT2D eigenvalue weighted by molar-refractivity contribution is 6.15. The van der Waals surface area contributed by atoms with E-state index in [-0.39, 0.29) is 11.3 Å². The third-order valence-electron chi connectivity index (χ3n) is 6.35. The van der Waals surface area contributed by atoms with E-state index in [2.05, 4.69) is 25.7 Å². The van der Waals surface area contributed by atoms with Crippen molar-refractivity contribution in [3.05, 3.63) is 59.3 Å². The Morgan fingerprint density at radius 3 is 2.54 bits per heavy atom. The standard InChI is InChI=1S/C27H36N2O6/c1-5-8-9-16-34-20-13-12-19(18-22(20)33-4)24-23(25(30)21-11-10-17-35-21)26(31)27(32)29(24)15-14-28(6-2)7-3/h10-13,17-18,24,31H,5-9,14-16H2,1-4H3. The van der Waals surface area contributed by atoms with Crippen molar-refractivity contribution >= 4 is 11.7 Å².